The van der Waals surface area contributed by atoms with Crippen molar-refractivity contribution < 1.29 is 26.5 Å². The zero-order valence-corrected chi connectivity index (χ0v) is 16.6. The number of ether oxygens (including phenoxy) is 1. The van der Waals surface area contributed by atoms with Crippen molar-refractivity contribution >= 4 is 10.0 Å². The van der Waals surface area contributed by atoms with Gasteiger partial charge in [-0.1, -0.05) is 12.1 Å². The average molecular weight is 415 g/mol. The molecule has 0 aliphatic carbocycles. The Labute approximate surface area is 162 Å². The number of hydrogen-bond acceptors (Lipinski definition) is 6. The van der Waals surface area contributed by atoms with Gasteiger partial charge in [0, 0.05) is 36.8 Å². The van der Waals surface area contributed by atoms with Crippen LogP contribution in [0, 0.1) is 11.6 Å². The fraction of sp³-hybridized carbons (Fsp3) is 0.500. The molecule has 154 valence electrons. The quantitative estimate of drug-likeness (QED) is 0.676. The van der Waals surface area contributed by atoms with Crippen LogP contribution in [-0.2, 0) is 33.4 Å². The minimum Gasteiger partial charge on any atom is -0.377 e. The van der Waals surface area contributed by atoms with Gasteiger partial charge >= 0.3 is 0 Å². The third-order valence-electron chi connectivity index (χ3n) is 4.74. The number of benzene rings is 1. The Bertz CT molecular complexity index is 915. The van der Waals surface area contributed by atoms with Crippen LogP contribution in [0.4, 0.5) is 8.78 Å². The molecular formula is C18H23F2N3O4S. The SMILES string of the molecule is CCCN(Cc1cc(F)c(C2(NCc3ccon3)COC2)cc1F)S(C)(=O)=O. The number of rotatable bonds is 9. The van der Waals surface area contributed by atoms with Gasteiger partial charge in [-0.25, -0.2) is 17.2 Å². The lowest BCUT2D eigenvalue weighted by atomic mass is 9.86. The van der Waals surface area contributed by atoms with E-state index in [0.717, 1.165) is 22.7 Å². The number of aromatic nitrogens is 1. The topological polar surface area (TPSA) is 84.7 Å². The van der Waals surface area contributed by atoms with Crippen molar-refractivity contribution in [2.75, 3.05) is 26.0 Å². The molecular weight excluding hydrogens is 392 g/mol. The van der Waals surface area contributed by atoms with Crippen LogP contribution in [0.25, 0.3) is 0 Å². The number of sulfonamides is 1. The van der Waals surface area contributed by atoms with Crippen molar-refractivity contribution in [3.63, 3.8) is 0 Å². The first-order valence-corrected chi connectivity index (χ1v) is 10.8. The summed E-state index contributed by atoms with van der Waals surface area (Å²) in [6.07, 6.45) is 3.06. The summed E-state index contributed by atoms with van der Waals surface area (Å²) in [6.45, 7) is 2.52. The molecule has 1 N–H and O–H groups in total. The fourth-order valence-electron chi connectivity index (χ4n) is 3.12. The maximum absolute atomic E-state index is 14.9. The second-order valence-electron chi connectivity index (χ2n) is 6.94. The molecule has 7 nitrogen and oxygen atoms in total. The summed E-state index contributed by atoms with van der Waals surface area (Å²) in [5.74, 6) is -1.27. The van der Waals surface area contributed by atoms with E-state index in [4.69, 9.17) is 9.26 Å². The van der Waals surface area contributed by atoms with E-state index in [0.29, 0.717) is 18.7 Å². The van der Waals surface area contributed by atoms with Crippen molar-refractivity contribution in [2.45, 2.75) is 32.0 Å². The normalized spacial score (nSPS) is 16.3. The van der Waals surface area contributed by atoms with Gasteiger partial charge in [0.2, 0.25) is 10.0 Å². The van der Waals surface area contributed by atoms with Gasteiger partial charge in [0.1, 0.15) is 17.9 Å². The van der Waals surface area contributed by atoms with E-state index < -0.39 is 27.2 Å². The van der Waals surface area contributed by atoms with Crippen LogP contribution in [0.15, 0.2) is 29.0 Å². The first-order valence-electron chi connectivity index (χ1n) is 8.91. The number of halogens is 2. The van der Waals surface area contributed by atoms with Gasteiger partial charge in [0.15, 0.2) is 0 Å². The van der Waals surface area contributed by atoms with Gasteiger partial charge in [-0.3, -0.25) is 5.32 Å². The highest BCUT2D eigenvalue weighted by Crippen LogP contribution is 2.33. The zero-order chi connectivity index (χ0) is 20.4. The molecule has 10 heteroatoms. The van der Waals surface area contributed by atoms with Crippen molar-refractivity contribution in [3.05, 3.63) is 52.9 Å². The molecule has 1 aromatic carbocycles. The van der Waals surface area contributed by atoms with Crippen LogP contribution >= 0.6 is 0 Å². The van der Waals surface area contributed by atoms with E-state index in [1.165, 1.54) is 6.26 Å². The Kier molecular flexibility index (Phi) is 6.13. The number of nitrogens with one attached hydrogen (secondary N) is 1. The van der Waals surface area contributed by atoms with E-state index in [9.17, 15) is 17.2 Å². The molecule has 2 heterocycles. The van der Waals surface area contributed by atoms with Gasteiger partial charge in [-0.05, 0) is 18.6 Å². The average Bonchev–Trinajstić information content (AvgIpc) is 3.10. The highest BCUT2D eigenvalue weighted by Gasteiger charge is 2.42. The van der Waals surface area contributed by atoms with Crippen molar-refractivity contribution in [1.29, 1.82) is 0 Å². The molecule has 0 amide bonds. The molecule has 0 spiro atoms. The molecule has 0 saturated carbocycles. The van der Waals surface area contributed by atoms with Crippen LogP contribution in [0.2, 0.25) is 0 Å². The zero-order valence-electron chi connectivity index (χ0n) is 15.7. The maximum atomic E-state index is 14.9. The largest absolute Gasteiger partial charge is 0.377 e. The molecule has 1 aliphatic rings. The summed E-state index contributed by atoms with van der Waals surface area (Å²) in [5, 5.41) is 6.95. The monoisotopic (exact) mass is 415 g/mol. The first-order chi connectivity index (χ1) is 13.2. The minimum atomic E-state index is -3.52. The third kappa shape index (κ3) is 4.40. The minimum absolute atomic E-state index is 0.00739. The van der Waals surface area contributed by atoms with Gasteiger partial charge < -0.3 is 9.26 Å². The lowest BCUT2D eigenvalue weighted by Crippen LogP contribution is -2.57. The molecule has 1 aliphatic heterocycles. The predicted molar refractivity (Wildman–Crippen MR) is 97.7 cm³/mol. The van der Waals surface area contributed by atoms with Crippen LogP contribution < -0.4 is 5.32 Å². The smallest absolute Gasteiger partial charge is 0.211 e. The summed E-state index contributed by atoms with van der Waals surface area (Å²) in [7, 11) is -3.52. The molecule has 2 aromatic rings. The summed E-state index contributed by atoms with van der Waals surface area (Å²) in [5.41, 5.74) is -0.105. The van der Waals surface area contributed by atoms with Gasteiger partial charge in [0.25, 0.3) is 0 Å². The second-order valence-corrected chi connectivity index (χ2v) is 8.92. The molecule has 0 radical (unpaired) electrons. The Morgan fingerprint density at radius 2 is 2.04 bits per heavy atom. The van der Waals surface area contributed by atoms with Gasteiger partial charge in [-0.2, -0.15) is 4.31 Å². The van der Waals surface area contributed by atoms with Crippen molar-refractivity contribution in [1.82, 2.24) is 14.8 Å². The molecule has 1 aromatic heterocycles. The lowest BCUT2D eigenvalue weighted by Gasteiger charge is -2.42. The maximum Gasteiger partial charge on any atom is 0.211 e. The molecule has 0 unspecified atom stereocenters. The summed E-state index contributed by atoms with van der Waals surface area (Å²) < 4.78 is 64.5. The molecule has 0 bridgehead atoms. The van der Waals surface area contributed by atoms with Crippen LogP contribution in [0.3, 0.4) is 0 Å². The van der Waals surface area contributed by atoms with Gasteiger partial charge in [0.05, 0.1) is 30.7 Å². The molecule has 1 saturated heterocycles. The standard InChI is InChI=1S/C18H23F2N3O4S/c1-3-5-23(28(2,24)25)10-13-7-17(20)15(8-16(13)19)18(11-26-12-18)21-9-14-4-6-27-22-14/h4,6-8,21H,3,5,9-12H2,1-2H3. The highest BCUT2D eigenvalue weighted by atomic mass is 32.2. The second kappa shape index (κ2) is 8.24. The Balaban J connectivity index is 1.84. The van der Waals surface area contributed by atoms with E-state index in [1.54, 1.807) is 6.07 Å². The van der Waals surface area contributed by atoms with E-state index in [2.05, 4.69) is 10.5 Å². The van der Waals surface area contributed by atoms with Crippen molar-refractivity contribution in [3.8, 4) is 0 Å². The Morgan fingerprint density at radius 3 is 2.57 bits per heavy atom. The van der Waals surface area contributed by atoms with E-state index in [1.807, 2.05) is 6.92 Å². The number of nitrogens with zero attached hydrogens (tertiary/aromatic N) is 2. The van der Waals surface area contributed by atoms with Crippen LogP contribution in [0.1, 0.15) is 30.2 Å². The first kappa shape index (κ1) is 20.8. The number of hydrogen-bond donors (Lipinski definition) is 1. The predicted octanol–water partition coefficient (Wildman–Crippen LogP) is 2.14. The highest BCUT2D eigenvalue weighted by molar-refractivity contribution is 7.88. The Hall–Kier alpha value is -1.88. The van der Waals surface area contributed by atoms with E-state index in [-0.39, 0.29) is 37.4 Å². The molecule has 28 heavy (non-hydrogen) atoms. The Morgan fingerprint density at radius 1 is 1.29 bits per heavy atom. The molecule has 1 fully saturated rings. The van der Waals surface area contributed by atoms with Crippen molar-refractivity contribution in [2.24, 2.45) is 0 Å². The molecule has 3 rings (SSSR count). The van der Waals surface area contributed by atoms with Crippen LogP contribution in [0.5, 0.6) is 0 Å². The van der Waals surface area contributed by atoms with Crippen LogP contribution in [-0.4, -0.2) is 43.9 Å². The van der Waals surface area contributed by atoms with Gasteiger partial charge in [-0.15, -0.1) is 0 Å². The summed E-state index contributed by atoms with van der Waals surface area (Å²) >= 11 is 0. The third-order valence-corrected chi connectivity index (χ3v) is 5.99. The van der Waals surface area contributed by atoms with E-state index >= 15 is 0 Å². The summed E-state index contributed by atoms with van der Waals surface area (Å²) in [6, 6.07) is 3.86. The molecule has 0 atom stereocenters. The summed E-state index contributed by atoms with van der Waals surface area (Å²) in [4.78, 5) is 0. The lowest BCUT2D eigenvalue weighted by molar-refractivity contribution is -0.0815. The fourth-order valence-corrected chi connectivity index (χ4v) is 4.01.